The minimum Gasteiger partial charge on any atom is -0.165 e. The van der Waals surface area contributed by atoms with Gasteiger partial charge in [0.05, 0.1) is 5.02 Å². The molecule has 1 aromatic rings. The third kappa shape index (κ3) is 1.87. The summed E-state index contributed by atoms with van der Waals surface area (Å²) in [5.41, 5.74) is 0. The van der Waals surface area contributed by atoms with Gasteiger partial charge in [0, 0.05) is 4.88 Å². The average Bonchev–Trinajstić information content (AvgIpc) is 2.11. The smallest absolute Gasteiger partial charge is 0.165 e. The van der Waals surface area contributed by atoms with E-state index in [4.69, 9.17) is 11.6 Å². The Balaban J connectivity index is 3.08. The largest absolute Gasteiger partial charge is 0.425 e. The molecule has 0 fully saturated rings. The van der Waals surface area contributed by atoms with Crippen molar-refractivity contribution in [2.45, 2.75) is 13.1 Å². The number of rotatable bonds is 0. The lowest BCUT2D eigenvalue weighted by atomic mass is 10.4. The number of hydrogen-bond acceptors (Lipinski definition) is 1. The van der Waals surface area contributed by atoms with Gasteiger partial charge in [-0.3, -0.25) is 0 Å². The van der Waals surface area contributed by atoms with Gasteiger partial charge >= 0.3 is 6.18 Å². The van der Waals surface area contributed by atoms with Crippen LogP contribution in [0.5, 0.6) is 0 Å². The topological polar surface area (TPSA) is 0 Å². The summed E-state index contributed by atoms with van der Waals surface area (Å²) in [5, 5.41) is 0.183. The molecule has 0 saturated carbocycles. The fourth-order valence-electron chi connectivity index (χ4n) is 0.600. The molecule has 0 aliphatic heterocycles. The molecule has 5 heteroatoms. The lowest BCUT2D eigenvalue weighted by Gasteiger charge is -1.99. The Morgan fingerprint density at radius 2 is 2.00 bits per heavy atom. The van der Waals surface area contributed by atoms with Crippen LogP contribution < -0.4 is 0 Å². The highest BCUT2D eigenvalue weighted by Crippen LogP contribution is 2.37. The van der Waals surface area contributed by atoms with Gasteiger partial charge < -0.3 is 0 Å². The summed E-state index contributed by atoms with van der Waals surface area (Å²) in [6, 6.07) is 0.946. The zero-order valence-corrected chi connectivity index (χ0v) is 7.07. The van der Waals surface area contributed by atoms with Gasteiger partial charge in [-0.1, -0.05) is 11.6 Å². The number of halogens is 4. The number of alkyl halides is 3. The summed E-state index contributed by atoms with van der Waals surface area (Å²) in [7, 11) is 0. The van der Waals surface area contributed by atoms with Crippen LogP contribution in [0.15, 0.2) is 6.07 Å². The minimum atomic E-state index is -4.26. The summed E-state index contributed by atoms with van der Waals surface area (Å²) in [6.07, 6.45) is -4.26. The van der Waals surface area contributed by atoms with Crippen LogP contribution in [0.4, 0.5) is 13.2 Å². The highest BCUT2D eigenvalue weighted by molar-refractivity contribution is 7.12. The monoisotopic (exact) mass is 200 g/mol. The van der Waals surface area contributed by atoms with Crippen LogP contribution in [0.25, 0.3) is 0 Å². The van der Waals surface area contributed by atoms with Crippen molar-refractivity contribution in [2.75, 3.05) is 0 Å². The second kappa shape index (κ2) is 2.68. The van der Waals surface area contributed by atoms with E-state index < -0.39 is 11.1 Å². The lowest BCUT2D eigenvalue weighted by molar-refractivity contribution is -0.134. The van der Waals surface area contributed by atoms with Crippen molar-refractivity contribution in [3.05, 3.63) is 20.8 Å². The van der Waals surface area contributed by atoms with Crippen molar-refractivity contribution in [1.82, 2.24) is 0 Å². The second-order valence-corrected chi connectivity index (χ2v) is 3.68. The molecule has 0 saturated heterocycles. The molecule has 1 heterocycles. The maximum atomic E-state index is 11.9. The van der Waals surface area contributed by atoms with Crippen molar-refractivity contribution in [3.63, 3.8) is 0 Å². The molecular formula is C6H4ClF3S. The maximum Gasteiger partial charge on any atom is 0.425 e. The molecule has 0 unspecified atom stereocenters. The van der Waals surface area contributed by atoms with Gasteiger partial charge in [0.15, 0.2) is 0 Å². The molecule has 1 aromatic heterocycles. The Labute approximate surface area is 70.6 Å². The number of hydrogen-bond donors (Lipinski definition) is 0. The fourth-order valence-corrected chi connectivity index (χ4v) is 1.67. The molecular weight excluding hydrogens is 197 g/mol. The molecule has 0 N–H and O–H groups in total. The van der Waals surface area contributed by atoms with Gasteiger partial charge in [-0.25, -0.2) is 0 Å². The standard InChI is InChI=1S/C6H4ClF3S/c1-3-4(7)2-5(11-3)6(8,9)10/h2H,1H3. The predicted octanol–water partition coefficient (Wildman–Crippen LogP) is 3.73. The molecule has 0 nitrogen and oxygen atoms in total. The van der Waals surface area contributed by atoms with E-state index in [1.807, 2.05) is 0 Å². The first kappa shape index (κ1) is 8.87. The van der Waals surface area contributed by atoms with Crippen molar-refractivity contribution < 1.29 is 13.2 Å². The van der Waals surface area contributed by atoms with E-state index >= 15 is 0 Å². The summed E-state index contributed by atoms with van der Waals surface area (Å²) >= 11 is 6.11. The van der Waals surface area contributed by atoms with Gasteiger partial charge in [-0.15, -0.1) is 11.3 Å². The molecule has 0 spiro atoms. The van der Waals surface area contributed by atoms with Gasteiger partial charge in [0.1, 0.15) is 4.88 Å². The van der Waals surface area contributed by atoms with Crippen molar-refractivity contribution in [3.8, 4) is 0 Å². The fraction of sp³-hybridized carbons (Fsp3) is 0.333. The van der Waals surface area contributed by atoms with Crippen molar-refractivity contribution in [2.24, 2.45) is 0 Å². The van der Waals surface area contributed by atoms with Crippen LogP contribution >= 0.6 is 22.9 Å². The van der Waals surface area contributed by atoms with E-state index in [1.54, 1.807) is 6.92 Å². The van der Waals surface area contributed by atoms with Gasteiger partial charge in [0.2, 0.25) is 0 Å². The van der Waals surface area contributed by atoms with Gasteiger partial charge in [-0.2, -0.15) is 13.2 Å². The Kier molecular flexibility index (Phi) is 2.16. The second-order valence-electron chi connectivity index (χ2n) is 2.01. The molecule has 0 bridgehead atoms. The Morgan fingerprint density at radius 1 is 1.45 bits per heavy atom. The minimum absolute atomic E-state index is 0.183. The predicted molar refractivity (Wildman–Crippen MR) is 39.1 cm³/mol. The Morgan fingerprint density at radius 3 is 2.18 bits per heavy atom. The molecule has 62 valence electrons. The maximum absolute atomic E-state index is 11.9. The summed E-state index contributed by atoms with van der Waals surface area (Å²) in [6.45, 7) is 1.56. The lowest BCUT2D eigenvalue weighted by Crippen LogP contribution is -2.00. The van der Waals surface area contributed by atoms with Crippen molar-refractivity contribution >= 4 is 22.9 Å². The first-order valence-electron chi connectivity index (χ1n) is 2.74. The van der Waals surface area contributed by atoms with Crippen LogP contribution in [-0.2, 0) is 6.18 Å². The number of aryl methyl sites for hydroxylation is 1. The molecule has 0 amide bonds. The van der Waals surface area contributed by atoms with Crippen LogP contribution in [0.1, 0.15) is 9.75 Å². The van der Waals surface area contributed by atoms with E-state index in [0.717, 1.165) is 6.07 Å². The van der Waals surface area contributed by atoms with Gasteiger partial charge in [0.25, 0.3) is 0 Å². The quantitative estimate of drug-likeness (QED) is 0.599. The van der Waals surface area contributed by atoms with Crippen molar-refractivity contribution in [1.29, 1.82) is 0 Å². The normalized spacial score (nSPS) is 12.1. The first-order valence-corrected chi connectivity index (χ1v) is 3.94. The average molecular weight is 201 g/mol. The third-order valence-corrected chi connectivity index (χ3v) is 2.74. The highest BCUT2D eigenvalue weighted by atomic mass is 35.5. The first-order chi connectivity index (χ1) is 4.91. The molecule has 0 aromatic carbocycles. The van der Waals surface area contributed by atoms with Crippen LogP contribution in [0.3, 0.4) is 0 Å². The van der Waals surface area contributed by atoms with Crippen LogP contribution in [0, 0.1) is 6.92 Å². The van der Waals surface area contributed by atoms with Crippen LogP contribution in [0.2, 0.25) is 5.02 Å². The molecule has 1 rings (SSSR count). The number of thiophene rings is 1. The SMILES string of the molecule is Cc1sc(C(F)(F)F)cc1Cl. The highest BCUT2D eigenvalue weighted by Gasteiger charge is 2.33. The zero-order valence-electron chi connectivity index (χ0n) is 5.50. The third-order valence-electron chi connectivity index (χ3n) is 1.14. The molecule has 0 radical (unpaired) electrons. The zero-order chi connectivity index (χ0) is 8.65. The molecule has 0 atom stereocenters. The van der Waals surface area contributed by atoms with E-state index in [1.165, 1.54) is 0 Å². The van der Waals surface area contributed by atoms with Gasteiger partial charge in [-0.05, 0) is 13.0 Å². The Bertz CT molecular complexity index is 244. The van der Waals surface area contributed by atoms with E-state index in [-0.39, 0.29) is 5.02 Å². The van der Waals surface area contributed by atoms with E-state index in [9.17, 15) is 13.2 Å². The van der Waals surface area contributed by atoms with E-state index in [2.05, 4.69) is 0 Å². The van der Waals surface area contributed by atoms with E-state index in [0.29, 0.717) is 16.2 Å². The van der Waals surface area contributed by atoms with Crippen LogP contribution in [-0.4, -0.2) is 0 Å². The molecule has 0 aliphatic rings. The summed E-state index contributed by atoms with van der Waals surface area (Å²) < 4.78 is 35.8. The molecule has 11 heavy (non-hydrogen) atoms. The molecule has 0 aliphatic carbocycles. The Hall–Kier alpha value is -0.220. The summed E-state index contributed by atoms with van der Waals surface area (Å²) in [4.78, 5) is -0.140. The summed E-state index contributed by atoms with van der Waals surface area (Å²) in [5.74, 6) is 0.